The first-order valence-electron chi connectivity index (χ1n) is 15.8. The predicted octanol–water partition coefficient (Wildman–Crippen LogP) is 3.13. The lowest BCUT2D eigenvalue weighted by Crippen LogP contribution is -2.39. The molecule has 1 aromatic heterocycles. The van der Waals surface area contributed by atoms with Gasteiger partial charge in [0.2, 0.25) is 11.8 Å². The Morgan fingerprint density at radius 3 is 2.06 bits per heavy atom. The maximum atomic E-state index is 12.6. The largest absolute Gasteiger partial charge is 0.488 e. The average molecular weight is 717 g/mol. The summed E-state index contributed by atoms with van der Waals surface area (Å²) in [6.45, 7) is 6.30. The Morgan fingerprint density at radius 2 is 1.48 bits per heavy atom. The first-order valence-corrected chi connectivity index (χ1v) is 16.5. The van der Waals surface area contributed by atoms with Crippen molar-refractivity contribution in [1.29, 1.82) is 0 Å². The molecule has 1 aromatic carbocycles. The third-order valence-electron chi connectivity index (χ3n) is 6.49. The fraction of sp³-hybridized carbons (Fsp3) is 0.562. The molecular formula is C32H47Cl2N5O9. The zero-order chi connectivity index (χ0) is 35.0. The van der Waals surface area contributed by atoms with Crippen LogP contribution in [0, 0.1) is 6.92 Å². The topological polar surface area (TPSA) is 193 Å². The molecule has 1 atom stereocenters. The van der Waals surface area contributed by atoms with Gasteiger partial charge in [0.1, 0.15) is 12.4 Å². The quantitative estimate of drug-likeness (QED) is 0.0851. The van der Waals surface area contributed by atoms with Crippen molar-refractivity contribution in [2.24, 2.45) is 5.73 Å². The Labute approximate surface area is 291 Å². The molecule has 0 bridgehead atoms. The number of nitrogens with two attached hydrogens (primary N) is 1. The number of rotatable bonds is 27. The van der Waals surface area contributed by atoms with Crippen molar-refractivity contribution in [3.05, 3.63) is 51.6 Å². The van der Waals surface area contributed by atoms with E-state index in [1.54, 1.807) is 6.20 Å². The van der Waals surface area contributed by atoms with Crippen LogP contribution in [0.1, 0.15) is 42.9 Å². The number of anilines is 1. The second-order valence-electron chi connectivity index (χ2n) is 10.5. The number of ether oxygens (including phenoxy) is 5. The van der Waals surface area contributed by atoms with Gasteiger partial charge in [-0.3, -0.25) is 14.4 Å². The molecule has 2 aromatic rings. The summed E-state index contributed by atoms with van der Waals surface area (Å²) in [5.74, 6) is -1.01. The lowest BCUT2D eigenvalue weighted by Gasteiger charge is -2.20. The number of unbranched alkanes of at least 4 members (excludes halogenated alkanes) is 1. The molecule has 48 heavy (non-hydrogen) atoms. The fourth-order valence-electron chi connectivity index (χ4n) is 4.17. The van der Waals surface area contributed by atoms with E-state index in [2.05, 4.69) is 20.9 Å². The van der Waals surface area contributed by atoms with E-state index in [9.17, 15) is 19.5 Å². The lowest BCUT2D eigenvalue weighted by molar-refractivity contribution is -0.138. The van der Waals surface area contributed by atoms with Gasteiger partial charge in [0, 0.05) is 25.7 Å². The van der Waals surface area contributed by atoms with Crippen molar-refractivity contribution in [2.75, 3.05) is 84.4 Å². The number of carboxylic acids is 1. The Morgan fingerprint density at radius 1 is 0.875 bits per heavy atom. The highest BCUT2D eigenvalue weighted by Gasteiger charge is 2.21. The predicted molar refractivity (Wildman–Crippen MR) is 182 cm³/mol. The smallest absolute Gasteiger partial charge is 0.305 e. The van der Waals surface area contributed by atoms with E-state index < -0.39 is 24.3 Å². The monoisotopic (exact) mass is 715 g/mol. The number of hydrogen-bond donors (Lipinski definition) is 5. The molecule has 0 fully saturated rings. The minimum Gasteiger partial charge on any atom is -0.488 e. The van der Waals surface area contributed by atoms with E-state index in [1.165, 1.54) is 12.1 Å². The molecule has 0 saturated heterocycles. The van der Waals surface area contributed by atoms with Crippen molar-refractivity contribution >= 4 is 46.8 Å². The van der Waals surface area contributed by atoms with E-state index in [0.29, 0.717) is 71.3 Å². The van der Waals surface area contributed by atoms with Gasteiger partial charge in [-0.2, -0.15) is 0 Å². The Kier molecular flexibility index (Phi) is 21.2. The van der Waals surface area contributed by atoms with E-state index in [4.69, 9.17) is 52.6 Å². The number of aryl methyl sites for hydroxylation is 1. The first-order chi connectivity index (χ1) is 23.2. The Bertz CT molecular complexity index is 1240. The van der Waals surface area contributed by atoms with Gasteiger partial charge in [0.25, 0.3) is 0 Å². The molecule has 6 N–H and O–H groups in total. The van der Waals surface area contributed by atoms with Crippen molar-refractivity contribution in [3.8, 4) is 5.75 Å². The van der Waals surface area contributed by atoms with Crippen molar-refractivity contribution in [3.63, 3.8) is 0 Å². The van der Waals surface area contributed by atoms with Crippen LogP contribution in [0.4, 0.5) is 5.82 Å². The molecule has 2 rings (SSSR count). The summed E-state index contributed by atoms with van der Waals surface area (Å²) in [7, 11) is 0. The number of benzene rings is 1. The molecule has 268 valence electrons. The van der Waals surface area contributed by atoms with Crippen LogP contribution in [-0.2, 0) is 33.3 Å². The third-order valence-corrected chi connectivity index (χ3v) is 7.05. The maximum Gasteiger partial charge on any atom is 0.305 e. The van der Waals surface area contributed by atoms with Gasteiger partial charge < -0.3 is 50.5 Å². The highest BCUT2D eigenvalue weighted by molar-refractivity contribution is 6.37. The highest BCUT2D eigenvalue weighted by atomic mass is 35.5. The standard InChI is InChI=1S/C32H47Cl2N5O9/c1-23-5-8-37-28(18-23)36-7-3-2-4-29(40)38-22-30(41)39-27(21-31(42)43)24-19-25(33)32(26(34)20-24)48-17-16-47-15-14-46-13-12-45-11-10-44-9-6-35/h5,8,18-20,27H,2-4,6-7,9-17,21-22,35H2,1H3,(H,36,37)(H,38,40)(H,39,41)(H,42,43). The molecule has 0 radical (unpaired) electrons. The number of pyridine rings is 1. The number of hydrogen-bond acceptors (Lipinski definition) is 11. The van der Waals surface area contributed by atoms with Gasteiger partial charge >= 0.3 is 5.97 Å². The highest BCUT2D eigenvalue weighted by Crippen LogP contribution is 2.36. The van der Waals surface area contributed by atoms with Gasteiger partial charge in [-0.05, 0) is 55.2 Å². The van der Waals surface area contributed by atoms with Crippen LogP contribution < -0.4 is 26.4 Å². The molecule has 1 unspecified atom stereocenters. The maximum absolute atomic E-state index is 12.6. The lowest BCUT2D eigenvalue weighted by atomic mass is 10.0. The number of amides is 2. The van der Waals surface area contributed by atoms with Gasteiger partial charge in [0.15, 0.2) is 5.75 Å². The number of nitrogens with zero attached hydrogens (tertiary/aromatic N) is 1. The van der Waals surface area contributed by atoms with Crippen LogP contribution >= 0.6 is 23.2 Å². The Balaban J connectivity index is 1.68. The molecule has 0 spiro atoms. The molecule has 0 aliphatic rings. The summed E-state index contributed by atoms with van der Waals surface area (Å²) in [6, 6.07) is 5.87. The Hall–Kier alpha value is -3.24. The minimum atomic E-state index is -1.15. The van der Waals surface area contributed by atoms with Gasteiger partial charge in [-0.25, -0.2) is 4.98 Å². The molecule has 16 heteroatoms. The van der Waals surface area contributed by atoms with Gasteiger partial charge in [-0.1, -0.05) is 23.2 Å². The zero-order valence-electron chi connectivity index (χ0n) is 27.3. The average Bonchev–Trinajstić information content (AvgIpc) is 3.04. The molecule has 1 heterocycles. The van der Waals surface area contributed by atoms with E-state index >= 15 is 0 Å². The van der Waals surface area contributed by atoms with Gasteiger partial charge in [-0.15, -0.1) is 0 Å². The molecule has 0 saturated carbocycles. The number of carbonyl (C=O) groups is 3. The van der Waals surface area contributed by atoms with Crippen LogP contribution in [0.2, 0.25) is 10.0 Å². The normalized spacial score (nSPS) is 11.6. The zero-order valence-corrected chi connectivity index (χ0v) is 28.8. The summed E-state index contributed by atoms with van der Waals surface area (Å²) in [6.07, 6.45) is 2.89. The number of halogens is 2. The second-order valence-corrected chi connectivity index (χ2v) is 11.3. The summed E-state index contributed by atoms with van der Waals surface area (Å²) in [5.41, 5.74) is 6.81. The van der Waals surface area contributed by atoms with Crippen molar-refractivity contribution in [1.82, 2.24) is 15.6 Å². The van der Waals surface area contributed by atoms with Crippen LogP contribution in [-0.4, -0.2) is 107 Å². The number of nitrogens with one attached hydrogen (secondary N) is 3. The molecule has 14 nitrogen and oxygen atoms in total. The molecular weight excluding hydrogens is 669 g/mol. The summed E-state index contributed by atoms with van der Waals surface area (Å²) >= 11 is 12.8. The first kappa shape index (κ1) is 40.9. The number of carboxylic acid groups (broad SMARTS) is 1. The van der Waals surface area contributed by atoms with E-state index in [0.717, 1.165) is 17.8 Å². The van der Waals surface area contributed by atoms with Crippen LogP contribution in [0.5, 0.6) is 5.75 Å². The molecule has 2 amide bonds. The van der Waals surface area contributed by atoms with Crippen LogP contribution in [0.15, 0.2) is 30.5 Å². The molecule has 0 aliphatic carbocycles. The van der Waals surface area contributed by atoms with Crippen molar-refractivity contribution in [2.45, 2.75) is 38.6 Å². The number of aliphatic carboxylic acids is 1. The minimum absolute atomic E-state index is 0.139. The van der Waals surface area contributed by atoms with Crippen LogP contribution in [0.3, 0.4) is 0 Å². The fourth-order valence-corrected chi connectivity index (χ4v) is 4.78. The SMILES string of the molecule is Cc1ccnc(NCCCCC(=O)NCC(=O)NC(CC(=O)O)c2cc(Cl)c(OCCOCCOCCOCCOCCN)c(Cl)c2)c1. The summed E-state index contributed by atoms with van der Waals surface area (Å²) < 4.78 is 27.2. The second kappa shape index (κ2) is 24.8. The summed E-state index contributed by atoms with van der Waals surface area (Å²) in [5, 5.41) is 18.1. The number of aromatic nitrogens is 1. The molecule has 0 aliphatic heterocycles. The summed E-state index contributed by atoms with van der Waals surface area (Å²) in [4.78, 5) is 40.6. The van der Waals surface area contributed by atoms with Crippen LogP contribution in [0.25, 0.3) is 0 Å². The third kappa shape index (κ3) is 18.3. The van der Waals surface area contributed by atoms with E-state index in [-0.39, 0.29) is 47.9 Å². The van der Waals surface area contributed by atoms with Crippen molar-refractivity contribution < 1.29 is 43.2 Å². The van der Waals surface area contributed by atoms with E-state index in [1.807, 2.05) is 19.1 Å². The number of carbonyl (C=O) groups excluding carboxylic acids is 2. The van der Waals surface area contributed by atoms with Gasteiger partial charge in [0.05, 0.1) is 81.9 Å².